The van der Waals surface area contributed by atoms with Crippen LogP contribution in [0.2, 0.25) is 0 Å². The first-order chi connectivity index (χ1) is 10.2. The van der Waals surface area contributed by atoms with Crippen molar-refractivity contribution in [3.05, 3.63) is 30.3 Å². The number of likely N-dealkylation sites (tertiary alicyclic amines) is 1. The van der Waals surface area contributed by atoms with Crippen LogP contribution in [0, 0.1) is 0 Å². The van der Waals surface area contributed by atoms with Crippen LogP contribution >= 0.6 is 0 Å². The molecular formula is C17H28N2O2S. The third-order valence-electron chi connectivity index (χ3n) is 4.42. The molecule has 5 heteroatoms. The third kappa shape index (κ3) is 4.31. The van der Waals surface area contributed by atoms with E-state index in [0.29, 0.717) is 17.0 Å². The lowest BCUT2D eigenvalue weighted by molar-refractivity contribution is 0.0790. The van der Waals surface area contributed by atoms with Gasteiger partial charge in [0, 0.05) is 24.2 Å². The van der Waals surface area contributed by atoms with E-state index in [4.69, 9.17) is 0 Å². The fourth-order valence-electron chi connectivity index (χ4n) is 3.30. The zero-order chi connectivity index (χ0) is 16.4. The Hall–Kier alpha value is -0.910. The van der Waals surface area contributed by atoms with Crippen LogP contribution in [0.25, 0.3) is 0 Å². The molecule has 1 heterocycles. The Morgan fingerprint density at radius 1 is 1.14 bits per heavy atom. The van der Waals surface area contributed by atoms with Crippen LogP contribution in [-0.4, -0.2) is 37.5 Å². The smallest absolute Gasteiger partial charge is 0.241 e. The molecule has 0 amide bonds. The monoisotopic (exact) mass is 324 g/mol. The molecule has 0 bridgehead atoms. The normalized spacial score (nSPS) is 24.4. The number of nitrogens with zero attached hydrogens (tertiary/aromatic N) is 1. The molecule has 1 aromatic carbocycles. The number of hydrogen-bond acceptors (Lipinski definition) is 3. The van der Waals surface area contributed by atoms with Crippen molar-refractivity contribution in [2.75, 3.05) is 6.54 Å². The van der Waals surface area contributed by atoms with Gasteiger partial charge in [-0.25, -0.2) is 13.1 Å². The zero-order valence-corrected chi connectivity index (χ0v) is 14.9. The molecule has 0 aliphatic carbocycles. The molecule has 2 atom stereocenters. The van der Waals surface area contributed by atoms with E-state index in [2.05, 4.69) is 23.5 Å². The second kappa shape index (κ2) is 6.69. The molecule has 1 aliphatic rings. The Kier molecular flexibility index (Phi) is 5.30. The van der Waals surface area contributed by atoms with Crippen molar-refractivity contribution < 1.29 is 8.42 Å². The van der Waals surface area contributed by atoms with Gasteiger partial charge in [0.2, 0.25) is 10.0 Å². The minimum absolute atomic E-state index is 0.322. The van der Waals surface area contributed by atoms with E-state index in [1.54, 1.807) is 24.3 Å². The molecule has 1 saturated heterocycles. The highest BCUT2D eigenvalue weighted by atomic mass is 32.2. The quantitative estimate of drug-likeness (QED) is 0.906. The van der Waals surface area contributed by atoms with Gasteiger partial charge in [-0.3, -0.25) is 4.90 Å². The van der Waals surface area contributed by atoms with Crippen molar-refractivity contribution in [1.29, 1.82) is 0 Å². The largest absolute Gasteiger partial charge is 0.296 e. The van der Waals surface area contributed by atoms with Crippen LogP contribution in [0.1, 0.15) is 47.0 Å². The number of rotatable bonds is 5. The number of benzene rings is 1. The lowest BCUT2D eigenvalue weighted by Gasteiger charge is -2.43. The standard InChI is InChI=1S/C17H28N2O2S/c1-14-9-8-10-15(2)19(14)13-17(3,4)18-22(20,21)16-11-6-5-7-12-16/h5-7,11-12,14-15,18H,8-10,13H2,1-4H3/t14-,15-/m1/s1. The van der Waals surface area contributed by atoms with Crippen molar-refractivity contribution in [2.24, 2.45) is 0 Å². The minimum atomic E-state index is -3.48. The summed E-state index contributed by atoms with van der Waals surface area (Å²) < 4.78 is 27.9. The van der Waals surface area contributed by atoms with Crippen molar-refractivity contribution in [2.45, 2.75) is 69.5 Å². The molecule has 0 saturated carbocycles. The maximum absolute atomic E-state index is 12.5. The maximum Gasteiger partial charge on any atom is 0.241 e. The lowest BCUT2D eigenvalue weighted by atomic mass is 9.94. The van der Waals surface area contributed by atoms with E-state index >= 15 is 0 Å². The van der Waals surface area contributed by atoms with Crippen LogP contribution in [0.15, 0.2) is 35.2 Å². The van der Waals surface area contributed by atoms with Crippen LogP contribution in [0.5, 0.6) is 0 Å². The highest BCUT2D eigenvalue weighted by molar-refractivity contribution is 7.89. The van der Waals surface area contributed by atoms with Gasteiger partial charge in [0.1, 0.15) is 0 Å². The molecule has 1 aliphatic heterocycles. The predicted molar refractivity (Wildman–Crippen MR) is 90.3 cm³/mol. The van der Waals surface area contributed by atoms with Gasteiger partial charge in [-0.1, -0.05) is 24.6 Å². The van der Waals surface area contributed by atoms with Crippen LogP contribution in [0.3, 0.4) is 0 Å². The van der Waals surface area contributed by atoms with Crippen molar-refractivity contribution in [3.63, 3.8) is 0 Å². The fraction of sp³-hybridized carbons (Fsp3) is 0.647. The highest BCUT2D eigenvalue weighted by Gasteiger charge is 2.33. The average molecular weight is 324 g/mol. The van der Waals surface area contributed by atoms with Crippen LogP contribution in [0.4, 0.5) is 0 Å². The van der Waals surface area contributed by atoms with Crippen LogP contribution < -0.4 is 4.72 Å². The Morgan fingerprint density at radius 3 is 2.23 bits per heavy atom. The second-order valence-corrected chi connectivity index (χ2v) is 8.79. The number of nitrogens with one attached hydrogen (secondary N) is 1. The molecule has 0 spiro atoms. The summed E-state index contributed by atoms with van der Waals surface area (Å²) in [6.45, 7) is 9.11. The summed E-state index contributed by atoms with van der Waals surface area (Å²) in [6, 6.07) is 9.58. The van der Waals surface area contributed by atoms with Gasteiger partial charge in [-0.2, -0.15) is 0 Å². The van der Waals surface area contributed by atoms with E-state index in [1.165, 1.54) is 19.3 Å². The van der Waals surface area contributed by atoms with Gasteiger partial charge in [0.15, 0.2) is 0 Å². The summed E-state index contributed by atoms with van der Waals surface area (Å²) in [5.41, 5.74) is -0.505. The van der Waals surface area contributed by atoms with E-state index in [9.17, 15) is 8.42 Å². The molecule has 0 unspecified atom stereocenters. The molecule has 0 aromatic heterocycles. The first kappa shape index (κ1) is 17.4. The topological polar surface area (TPSA) is 49.4 Å². The van der Waals surface area contributed by atoms with Gasteiger partial charge in [0.05, 0.1) is 4.90 Å². The van der Waals surface area contributed by atoms with Crippen molar-refractivity contribution in [3.8, 4) is 0 Å². The molecule has 1 fully saturated rings. The van der Waals surface area contributed by atoms with Gasteiger partial charge in [-0.15, -0.1) is 0 Å². The highest BCUT2D eigenvalue weighted by Crippen LogP contribution is 2.25. The fourth-order valence-corrected chi connectivity index (χ4v) is 4.72. The maximum atomic E-state index is 12.5. The molecule has 4 nitrogen and oxygen atoms in total. The first-order valence-corrected chi connectivity index (χ1v) is 9.54. The molecule has 2 rings (SSSR count). The molecule has 1 aromatic rings. The summed E-state index contributed by atoms with van der Waals surface area (Å²) in [4.78, 5) is 2.75. The van der Waals surface area contributed by atoms with Gasteiger partial charge < -0.3 is 0 Å². The number of hydrogen-bond donors (Lipinski definition) is 1. The molecule has 22 heavy (non-hydrogen) atoms. The van der Waals surface area contributed by atoms with E-state index in [1.807, 2.05) is 19.9 Å². The Balaban J connectivity index is 2.10. The molecule has 124 valence electrons. The molecular weight excluding hydrogens is 296 g/mol. The van der Waals surface area contributed by atoms with Gasteiger partial charge >= 0.3 is 0 Å². The Labute approximate surface area is 135 Å². The molecule has 1 N–H and O–H groups in total. The first-order valence-electron chi connectivity index (χ1n) is 8.06. The zero-order valence-electron chi connectivity index (χ0n) is 14.0. The summed E-state index contributed by atoms with van der Waals surface area (Å²) in [5, 5.41) is 0. The van der Waals surface area contributed by atoms with E-state index in [0.717, 1.165) is 6.54 Å². The van der Waals surface area contributed by atoms with Gasteiger partial charge in [-0.05, 0) is 52.7 Å². The molecule has 0 radical (unpaired) electrons. The Bertz CT molecular complexity index is 574. The second-order valence-electron chi connectivity index (χ2n) is 7.10. The predicted octanol–water partition coefficient (Wildman–Crippen LogP) is 3.01. The summed E-state index contributed by atoms with van der Waals surface area (Å²) in [6.07, 6.45) is 3.63. The number of piperidine rings is 1. The lowest BCUT2D eigenvalue weighted by Crippen LogP contribution is -2.56. The summed E-state index contributed by atoms with van der Waals surface area (Å²) in [7, 11) is -3.48. The summed E-state index contributed by atoms with van der Waals surface area (Å²) >= 11 is 0. The van der Waals surface area contributed by atoms with Crippen LogP contribution in [-0.2, 0) is 10.0 Å². The van der Waals surface area contributed by atoms with Crippen molar-refractivity contribution >= 4 is 10.0 Å². The van der Waals surface area contributed by atoms with Gasteiger partial charge in [0.25, 0.3) is 0 Å². The van der Waals surface area contributed by atoms with E-state index in [-0.39, 0.29) is 0 Å². The summed E-state index contributed by atoms with van der Waals surface area (Å²) in [5.74, 6) is 0. The SMILES string of the molecule is C[C@@H]1CCC[C@@H](C)N1CC(C)(C)NS(=O)(=O)c1ccccc1. The average Bonchev–Trinajstić information content (AvgIpc) is 2.43. The van der Waals surface area contributed by atoms with Crippen molar-refractivity contribution in [1.82, 2.24) is 9.62 Å². The third-order valence-corrected chi connectivity index (χ3v) is 6.13. The van der Waals surface area contributed by atoms with E-state index < -0.39 is 15.6 Å². The number of sulfonamides is 1. The minimum Gasteiger partial charge on any atom is -0.296 e. The Morgan fingerprint density at radius 2 is 1.68 bits per heavy atom.